The average molecular weight is 427 g/mol. The number of pyridine rings is 1. The molecule has 1 aromatic heterocycles. The number of hydrogen-bond donors (Lipinski definition) is 1. The molecule has 31 heavy (non-hydrogen) atoms. The molecule has 1 aliphatic heterocycles. The van der Waals surface area contributed by atoms with Crippen LogP contribution in [0.2, 0.25) is 0 Å². The lowest BCUT2D eigenvalue weighted by Crippen LogP contribution is -2.05. The quantitative estimate of drug-likeness (QED) is 0.307. The Balaban J connectivity index is 1.74. The van der Waals surface area contributed by atoms with Crippen LogP contribution in [0.5, 0.6) is 17.2 Å². The van der Waals surface area contributed by atoms with Gasteiger partial charge in [0.05, 0.1) is 19.3 Å². The van der Waals surface area contributed by atoms with E-state index in [9.17, 15) is 9.90 Å². The van der Waals surface area contributed by atoms with E-state index >= 15 is 0 Å². The Kier molecular flexibility index (Phi) is 8.29. The molecule has 0 atom stereocenters. The third-order valence-corrected chi connectivity index (χ3v) is 5.19. The van der Waals surface area contributed by atoms with E-state index in [-0.39, 0.29) is 6.79 Å². The SMILES string of the molecule is COCOc1cc2c(c(/C=C(\CCCCCc3cccnc3)C(=O)O)c1OC)OCC2. The molecule has 0 unspecified atom stereocenters. The first-order valence-corrected chi connectivity index (χ1v) is 10.4. The van der Waals surface area contributed by atoms with Gasteiger partial charge in [0.15, 0.2) is 18.3 Å². The molecule has 0 bridgehead atoms. The molecule has 0 radical (unpaired) electrons. The summed E-state index contributed by atoms with van der Waals surface area (Å²) in [5.74, 6) is 0.690. The van der Waals surface area contributed by atoms with Gasteiger partial charge in [0.1, 0.15) is 5.75 Å². The topological polar surface area (TPSA) is 87.1 Å². The van der Waals surface area contributed by atoms with Crippen molar-refractivity contribution < 1.29 is 28.8 Å². The lowest BCUT2D eigenvalue weighted by molar-refractivity contribution is -0.132. The monoisotopic (exact) mass is 427 g/mol. The molecule has 1 aliphatic rings. The first kappa shape index (κ1) is 22.6. The molecule has 7 heteroatoms. The molecule has 0 saturated heterocycles. The molecule has 2 heterocycles. The second-order valence-electron chi connectivity index (χ2n) is 7.36. The largest absolute Gasteiger partial charge is 0.492 e. The van der Waals surface area contributed by atoms with E-state index in [0.29, 0.717) is 41.4 Å². The Morgan fingerprint density at radius 1 is 1.29 bits per heavy atom. The van der Waals surface area contributed by atoms with E-state index in [1.165, 1.54) is 12.7 Å². The highest BCUT2D eigenvalue weighted by molar-refractivity contribution is 5.93. The number of rotatable bonds is 12. The first-order chi connectivity index (χ1) is 15.1. The number of hydrogen-bond acceptors (Lipinski definition) is 6. The second-order valence-corrected chi connectivity index (χ2v) is 7.36. The van der Waals surface area contributed by atoms with Gasteiger partial charge in [-0.1, -0.05) is 12.5 Å². The molecule has 0 saturated carbocycles. The summed E-state index contributed by atoms with van der Waals surface area (Å²) in [4.78, 5) is 16.1. The van der Waals surface area contributed by atoms with Gasteiger partial charge in [-0.2, -0.15) is 0 Å². The summed E-state index contributed by atoms with van der Waals surface area (Å²) >= 11 is 0. The zero-order chi connectivity index (χ0) is 22.1. The fourth-order valence-corrected chi connectivity index (χ4v) is 3.67. The minimum Gasteiger partial charge on any atom is -0.492 e. The third-order valence-electron chi connectivity index (χ3n) is 5.19. The van der Waals surface area contributed by atoms with E-state index < -0.39 is 5.97 Å². The summed E-state index contributed by atoms with van der Waals surface area (Å²) < 4.78 is 22.0. The number of aliphatic carboxylic acids is 1. The summed E-state index contributed by atoms with van der Waals surface area (Å²) in [6, 6.07) is 5.86. The minimum atomic E-state index is -0.940. The summed E-state index contributed by atoms with van der Waals surface area (Å²) in [7, 11) is 3.08. The molecular weight excluding hydrogens is 398 g/mol. The summed E-state index contributed by atoms with van der Waals surface area (Å²) in [5, 5.41) is 9.78. The normalized spacial score (nSPS) is 12.9. The van der Waals surface area contributed by atoms with Gasteiger partial charge in [0.2, 0.25) is 0 Å². The predicted octanol–water partition coefficient (Wildman–Crippen LogP) is 4.28. The zero-order valence-electron chi connectivity index (χ0n) is 18.1. The third kappa shape index (κ3) is 5.98. The summed E-state index contributed by atoms with van der Waals surface area (Å²) in [5.41, 5.74) is 3.10. The maximum absolute atomic E-state index is 11.9. The number of fused-ring (bicyclic) bond motifs is 1. The number of carboxylic acid groups (broad SMARTS) is 1. The van der Waals surface area contributed by atoms with Crippen molar-refractivity contribution >= 4 is 12.0 Å². The molecule has 7 nitrogen and oxygen atoms in total. The Labute approximate surface area is 182 Å². The van der Waals surface area contributed by atoms with Gasteiger partial charge >= 0.3 is 5.97 Å². The van der Waals surface area contributed by atoms with E-state index in [2.05, 4.69) is 11.1 Å². The Morgan fingerprint density at radius 3 is 2.87 bits per heavy atom. The molecule has 166 valence electrons. The highest BCUT2D eigenvalue weighted by Gasteiger charge is 2.24. The zero-order valence-corrected chi connectivity index (χ0v) is 18.1. The number of carboxylic acids is 1. The highest BCUT2D eigenvalue weighted by Crippen LogP contribution is 2.44. The molecule has 1 N–H and O–H groups in total. The number of unbranched alkanes of at least 4 members (excludes halogenated alkanes) is 2. The van der Waals surface area contributed by atoms with Gasteiger partial charge in [-0.05, 0) is 49.5 Å². The molecule has 0 aliphatic carbocycles. The van der Waals surface area contributed by atoms with Crippen molar-refractivity contribution in [3.63, 3.8) is 0 Å². The number of nitrogens with zero attached hydrogens (tertiary/aromatic N) is 1. The maximum Gasteiger partial charge on any atom is 0.331 e. The van der Waals surface area contributed by atoms with Crippen LogP contribution in [0.25, 0.3) is 6.08 Å². The Bertz CT molecular complexity index is 910. The van der Waals surface area contributed by atoms with Crippen molar-refractivity contribution in [2.45, 2.75) is 38.5 Å². The molecule has 0 spiro atoms. The fourth-order valence-electron chi connectivity index (χ4n) is 3.67. The van der Waals surface area contributed by atoms with Crippen molar-refractivity contribution in [2.75, 3.05) is 27.6 Å². The number of methoxy groups -OCH3 is 2. The smallest absolute Gasteiger partial charge is 0.331 e. The number of ether oxygens (including phenoxy) is 4. The standard InChI is InChI=1S/C24H29NO6/c1-28-16-31-21-14-18-10-12-30-22(18)20(23(21)29-2)13-19(24(26)27)9-5-3-4-7-17-8-6-11-25-15-17/h6,8,11,13-15H,3-5,7,9-10,12,16H2,1-2H3,(H,26,27)/b19-13+. The second kappa shape index (κ2) is 11.4. The first-order valence-electron chi connectivity index (χ1n) is 10.4. The Morgan fingerprint density at radius 2 is 2.16 bits per heavy atom. The van der Waals surface area contributed by atoms with Crippen LogP contribution in [0, 0.1) is 0 Å². The van der Waals surface area contributed by atoms with Gasteiger partial charge in [-0.3, -0.25) is 4.98 Å². The van der Waals surface area contributed by atoms with Crippen LogP contribution in [0.4, 0.5) is 0 Å². The molecular formula is C24H29NO6. The van der Waals surface area contributed by atoms with Crippen LogP contribution in [-0.4, -0.2) is 43.7 Å². The van der Waals surface area contributed by atoms with Crippen LogP contribution < -0.4 is 14.2 Å². The fraction of sp³-hybridized carbons (Fsp3) is 0.417. The molecule has 1 aromatic carbocycles. The van der Waals surface area contributed by atoms with E-state index in [1.54, 1.807) is 19.4 Å². The van der Waals surface area contributed by atoms with Crippen molar-refractivity contribution in [3.05, 3.63) is 52.9 Å². The molecule has 0 amide bonds. The maximum atomic E-state index is 11.9. The predicted molar refractivity (Wildman–Crippen MR) is 117 cm³/mol. The highest BCUT2D eigenvalue weighted by atomic mass is 16.7. The average Bonchev–Trinajstić information content (AvgIpc) is 3.25. The van der Waals surface area contributed by atoms with Crippen molar-refractivity contribution in [2.24, 2.45) is 0 Å². The van der Waals surface area contributed by atoms with Crippen molar-refractivity contribution in [1.29, 1.82) is 0 Å². The lowest BCUT2D eigenvalue weighted by Gasteiger charge is -2.16. The molecule has 0 fully saturated rings. The van der Waals surface area contributed by atoms with Crippen LogP contribution in [0.1, 0.15) is 42.4 Å². The van der Waals surface area contributed by atoms with Crippen molar-refractivity contribution in [3.8, 4) is 17.2 Å². The Hall–Kier alpha value is -3.06. The number of aromatic nitrogens is 1. The van der Waals surface area contributed by atoms with E-state index in [4.69, 9.17) is 18.9 Å². The number of aryl methyl sites for hydroxylation is 1. The summed E-state index contributed by atoms with van der Waals surface area (Å²) in [6.45, 7) is 0.617. The van der Waals surface area contributed by atoms with Gasteiger partial charge in [0, 0.05) is 37.1 Å². The summed E-state index contributed by atoms with van der Waals surface area (Å²) in [6.07, 6.45) is 10.1. The van der Waals surface area contributed by atoms with Crippen molar-refractivity contribution in [1.82, 2.24) is 4.98 Å². The van der Waals surface area contributed by atoms with Crippen LogP contribution in [-0.2, 0) is 22.4 Å². The molecule has 2 aromatic rings. The van der Waals surface area contributed by atoms with Gasteiger partial charge in [-0.25, -0.2) is 4.79 Å². The van der Waals surface area contributed by atoms with Gasteiger partial charge < -0.3 is 24.1 Å². The van der Waals surface area contributed by atoms with Gasteiger partial charge in [-0.15, -0.1) is 0 Å². The van der Waals surface area contributed by atoms with Crippen LogP contribution >= 0.6 is 0 Å². The number of carbonyl (C=O) groups is 1. The number of benzene rings is 1. The van der Waals surface area contributed by atoms with E-state index in [0.717, 1.165) is 37.7 Å². The molecule has 3 rings (SSSR count). The van der Waals surface area contributed by atoms with Gasteiger partial charge in [0.25, 0.3) is 0 Å². The van der Waals surface area contributed by atoms with Crippen LogP contribution in [0.3, 0.4) is 0 Å². The van der Waals surface area contributed by atoms with E-state index in [1.807, 2.05) is 18.3 Å². The minimum absolute atomic E-state index is 0.0713. The lowest BCUT2D eigenvalue weighted by atomic mass is 9.99. The van der Waals surface area contributed by atoms with Crippen LogP contribution in [0.15, 0.2) is 36.2 Å².